The Morgan fingerprint density at radius 3 is 2.73 bits per heavy atom. The molecule has 0 spiro atoms. The van der Waals surface area contributed by atoms with Crippen molar-refractivity contribution in [2.24, 2.45) is 0 Å². The Hall–Kier alpha value is -1.75. The van der Waals surface area contributed by atoms with Gasteiger partial charge >= 0.3 is 5.97 Å². The van der Waals surface area contributed by atoms with Gasteiger partial charge in [-0.25, -0.2) is 4.98 Å². The monoisotopic (exact) mass is 319 g/mol. The third-order valence-electron chi connectivity index (χ3n) is 3.30. The SMILES string of the molecule is CC(=O)CCCOC(=O)CCCCc1nc2ccccc2s1. The summed E-state index contributed by atoms with van der Waals surface area (Å²) in [5.74, 6) is -0.0419. The second kappa shape index (κ2) is 8.63. The van der Waals surface area contributed by atoms with E-state index in [0.717, 1.165) is 29.8 Å². The number of thiazole rings is 1. The third kappa shape index (κ3) is 5.56. The summed E-state index contributed by atoms with van der Waals surface area (Å²) in [7, 11) is 0. The van der Waals surface area contributed by atoms with E-state index >= 15 is 0 Å². The summed E-state index contributed by atoms with van der Waals surface area (Å²) >= 11 is 1.72. The number of unbranched alkanes of at least 4 members (excludes halogenated alkanes) is 1. The fraction of sp³-hybridized carbons (Fsp3) is 0.471. The van der Waals surface area contributed by atoms with Gasteiger partial charge in [-0.05, 0) is 44.7 Å². The van der Waals surface area contributed by atoms with Gasteiger partial charge in [0.05, 0.1) is 21.8 Å². The Bertz CT molecular complexity index is 603. The first-order valence-electron chi connectivity index (χ1n) is 7.64. The Kier molecular flexibility index (Phi) is 6.52. The van der Waals surface area contributed by atoms with Crippen LogP contribution in [0.25, 0.3) is 10.2 Å². The molecule has 0 bridgehead atoms. The molecule has 0 aliphatic carbocycles. The van der Waals surface area contributed by atoms with Crippen LogP contribution in [-0.4, -0.2) is 23.3 Å². The summed E-state index contributed by atoms with van der Waals surface area (Å²) in [4.78, 5) is 26.9. The first kappa shape index (κ1) is 16.6. The minimum absolute atomic E-state index is 0.131. The summed E-state index contributed by atoms with van der Waals surface area (Å²) in [5, 5.41) is 1.12. The topological polar surface area (TPSA) is 56.3 Å². The van der Waals surface area contributed by atoms with Crippen molar-refractivity contribution in [1.29, 1.82) is 0 Å². The molecule has 1 aromatic carbocycles. The van der Waals surface area contributed by atoms with Crippen LogP contribution in [0.3, 0.4) is 0 Å². The number of fused-ring (bicyclic) bond motifs is 1. The van der Waals surface area contributed by atoms with E-state index in [9.17, 15) is 9.59 Å². The Morgan fingerprint density at radius 2 is 1.95 bits per heavy atom. The van der Waals surface area contributed by atoms with Crippen LogP contribution >= 0.6 is 11.3 Å². The van der Waals surface area contributed by atoms with Gasteiger partial charge in [0, 0.05) is 12.8 Å². The second-order valence-corrected chi connectivity index (χ2v) is 6.42. The first-order chi connectivity index (χ1) is 10.6. The van der Waals surface area contributed by atoms with Crippen LogP contribution in [0.15, 0.2) is 24.3 Å². The molecule has 0 saturated carbocycles. The van der Waals surface area contributed by atoms with E-state index in [2.05, 4.69) is 11.1 Å². The van der Waals surface area contributed by atoms with Crippen molar-refractivity contribution in [2.75, 3.05) is 6.61 Å². The molecule has 1 heterocycles. The largest absolute Gasteiger partial charge is 0.466 e. The number of aryl methyl sites for hydroxylation is 1. The van der Waals surface area contributed by atoms with Crippen LogP contribution in [0, 0.1) is 0 Å². The highest BCUT2D eigenvalue weighted by molar-refractivity contribution is 7.18. The lowest BCUT2D eigenvalue weighted by Gasteiger charge is -2.03. The van der Waals surface area contributed by atoms with Gasteiger partial charge in [0.2, 0.25) is 0 Å². The van der Waals surface area contributed by atoms with Gasteiger partial charge in [-0.3, -0.25) is 4.79 Å². The molecule has 2 aromatic rings. The van der Waals surface area contributed by atoms with E-state index < -0.39 is 0 Å². The number of benzene rings is 1. The lowest BCUT2D eigenvalue weighted by molar-refractivity contribution is -0.144. The highest BCUT2D eigenvalue weighted by atomic mass is 32.1. The maximum Gasteiger partial charge on any atom is 0.305 e. The predicted octanol–water partition coefficient (Wildman–Crippen LogP) is 3.92. The third-order valence-corrected chi connectivity index (χ3v) is 4.39. The molecule has 4 nitrogen and oxygen atoms in total. The number of esters is 1. The molecule has 0 unspecified atom stereocenters. The first-order valence-corrected chi connectivity index (χ1v) is 8.46. The van der Waals surface area contributed by atoms with Crippen LogP contribution in [0.5, 0.6) is 0 Å². The molecule has 2 rings (SSSR count). The lowest BCUT2D eigenvalue weighted by Crippen LogP contribution is -2.06. The number of rotatable bonds is 9. The molecule has 0 amide bonds. The van der Waals surface area contributed by atoms with Gasteiger partial charge in [-0.15, -0.1) is 11.3 Å². The van der Waals surface area contributed by atoms with Crippen molar-refractivity contribution >= 4 is 33.3 Å². The number of nitrogens with zero attached hydrogens (tertiary/aromatic N) is 1. The maximum absolute atomic E-state index is 11.5. The molecule has 0 radical (unpaired) electrons. The normalized spacial score (nSPS) is 10.8. The van der Waals surface area contributed by atoms with E-state index in [0.29, 0.717) is 25.9 Å². The van der Waals surface area contributed by atoms with Gasteiger partial charge < -0.3 is 9.53 Å². The van der Waals surface area contributed by atoms with Gasteiger partial charge in [0.15, 0.2) is 0 Å². The fourth-order valence-electron chi connectivity index (χ4n) is 2.15. The van der Waals surface area contributed by atoms with Crippen molar-refractivity contribution in [2.45, 2.75) is 45.4 Å². The van der Waals surface area contributed by atoms with E-state index in [1.807, 2.05) is 18.2 Å². The van der Waals surface area contributed by atoms with Crippen molar-refractivity contribution in [3.05, 3.63) is 29.3 Å². The molecule has 0 N–H and O–H groups in total. The van der Waals surface area contributed by atoms with Crippen LogP contribution < -0.4 is 0 Å². The van der Waals surface area contributed by atoms with Gasteiger partial charge in [-0.2, -0.15) is 0 Å². The molecule has 0 aliphatic rings. The number of carbonyl (C=O) groups is 2. The van der Waals surface area contributed by atoms with Crippen molar-refractivity contribution in [3.8, 4) is 0 Å². The molecular formula is C17H21NO3S. The summed E-state index contributed by atoms with van der Waals surface area (Å²) < 4.78 is 6.30. The minimum Gasteiger partial charge on any atom is -0.466 e. The standard InChI is InChI=1S/C17H21NO3S/c1-13(19)7-6-12-21-17(20)11-5-4-10-16-18-14-8-2-3-9-15(14)22-16/h2-3,8-9H,4-7,10-12H2,1H3. The smallest absolute Gasteiger partial charge is 0.305 e. The fourth-order valence-corrected chi connectivity index (χ4v) is 3.16. The summed E-state index contributed by atoms with van der Waals surface area (Å²) in [6, 6.07) is 8.11. The van der Waals surface area contributed by atoms with Crippen molar-refractivity contribution < 1.29 is 14.3 Å². The van der Waals surface area contributed by atoms with E-state index in [1.165, 1.54) is 4.70 Å². The molecule has 0 fully saturated rings. The number of carbonyl (C=O) groups excluding carboxylic acids is 2. The molecule has 22 heavy (non-hydrogen) atoms. The average Bonchev–Trinajstić information content (AvgIpc) is 2.90. The van der Waals surface area contributed by atoms with Gasteiger partial charge in [-0.1, -0.05) is 12.1 Å². The lowest BCUT2D eigenvalue weighted by atomic mass is 10.2. The predicted molar refractivity (Wildman–Crippen MR) is 88.0 cm³/mol. The molecule has 0 atom stereocenters. The summed E-state index contributed by atoms with van der Waals surface area (Å²) in [6.45, 7) is 1.89. The average molecular weight is 319 g/mol. The molecule has 118 valence electrons. The Morgan fingerprint density at radius 1 is 1.14 bits per heavy atom. The summed E-state index contributed by atoms with van der Waals surface area (Å²) in [6.07, 6.45) is 4.17. The molecule has 1 aromatic heterocycles. The number of hydrogen-bond acceptors (Lipinski definition) is 5. The number of aromatic nitrogens is 1. The van der Waals surface area contributed by atoms with Gasteiger partial charge in [0.1, 0.15) is 5.78 Å². The number of para-hydroxylation sites is 1. The van der Waals surface area contributed by atoms with Crippen LogP contribution in [0.4, 0.5) is 0 Å². The molecule has 0 aliphatic heterocycles. The Balaban J connectivity index is 1.60. The van der Waals surface area contributed by atoms with Crippen LogP contribution in [0.1, 0.15) is 44.0 Å². The minimum atomic E-state index is -0.173. The zero-order valence-electron chi connectivity index (χ0n) is 12.8. The maximum atomic E-state index is 11.5. The van der Waals surface area contributed by atoms with E-state index in [-0.39, 0.29) is 11.8 Å². The quantitative estimate of drug-likeness (QED) is 0.519. The number of ketones is 1. The Labute approximate surface area is 134 Å². The van der Waals surface area contributed by atoms with Crippen LogP contribution in [-0.2, 0) is 20.7 Å². The molecule has 0 saturated heterocycles. The number of Topliss-reactive ketones (excluding diaryl/α,β-unsaturated/α-hetero) is 1. The zero-order chi connectivity index (χ0) is 15.8. The summed E-state index contributed by atoms with van der Waals surface area (Å²) in [5.41, 5.74) is 1.05. The van der Waals surface area contributed by atoms with Crippen molar-refractivity contribution in [1.82, 2.24) is 4.98 Å². The number of ether oxygens (including phenoxy) is 1. The highest BCUT2D eigenvalue weighted by Gasteiger charge is 2.06. The van der Waals surface area contributed by atoms with Gasteiger partial charge in [0.25, 0.3) is 0 Å². The van der Waals surface area contributed by atoms with Crippen molar-refractivity contribution in [3.63, 3.8) is 0 Å². The highest BCUT2D eigenvalue weighted by Crippen LogP contribution is 2.22. The second-order valence-electron chi connectivity index (χ2n) is 5.31. The zero-order valence-corrected chi connectivity index (χ0v) is 13.7. The van der Waals surface area contributed by atoms with Crippen LogP contribution in [0.2, 0.25) is 0 Å². The van der Waals surface area contributed by atoms with E-state index in [4.69, 9.17) is 4.74 Å². The number of hydrogen-bond donors (Lipinski definition) is 0. The molecule has 5 heteroatoms. The molecular weight excluding hydrogens is 298 g/mol. The van der Waals surface area contributed by atoms with E-state index in [1.54, 1.807) is 18.3 Å².